The number of anilines is 3. The van der Waals surface area contributed by atoms with Crippen LogP contribution in [0.4, 0.5) is 26.4 Å². The molecule has 0 unspecified atom stereocenters. The predicted octanol–water partition coefficient (Wildman–Crippen LogP) is 8.46. The Morgan fingerprint density at radius 1 is 1.04 bits per heavy atom. The Balaban J connectivity index is 1.46. The van der Waals surface area contributed by atoms with Crippen LogP contribution in [0.25, 0.3) is 11.3 Å². The Morgan fingerprint density at radius 3 is 2.37 bits per heavy atom. The highest BCUT2D eigenvalue weighted by molar-refractivity contribution is 7.99. The number of carbonyl (C=O) groups excluding carboxylic acids is 2. The van der Waals surface area contributed by atoms with Crippen LogP contribution in [-0.2, 0) is 14.0 Å². The van der Waals surface area contributed by atoms with E-state index < -0.39 is 19.7 Å². The molecule has 1 aromatic carbocycles. The van der Waals surface area contributed by atoms with E-state index in [0.29, 0.717) is 58.4 Å². The number of amides is 2. The molecular formula is C36H51ClFN7O4SSi. The first kappa shape index (κ1) is 40.5. The minimum atomic E-state index is -1.92. The van der Waals surface area contributed by atoms with Gasteiger partial charge in [0.05, 0.1) is 17.9 Å². The third-order valence-corrected chi connectivity index (χ3v) is 14.5. The number of rotatable bonds is 11. The molecule has 0 spiro atoms. The summed E-state index contributed by atoms with van der Waals surface area (Å²) in [5.41, 5.74) is 1.20. The summed E-state index contributed by atoms with van der Waals surface area (Å²) < 4.78 is 26.8. The molecule has 15 heteroatoms. The number of benzene rings is 1. The van der Waals surface area contributed by atoms with Crippen molar-refractivity contribution in [3.05, 3.63) is 53.4 Å². The largest absolute Gasteiger partial charge is 0.444 e. The summed E-state index contributed by atoms with van der Waals surface area (Å²) in [6.45, 7) is 22.2. The Labute approximate surface area is 311 Å². The first-order chi connectivity index (χ1) is 23.7. The molecule has 1 fully saturated rings. The van der Waals surface area contributed by atoms with Gasteiger partial charge in [-0.15, -0.1) is 22.0 Å². The van der Waals surface area contributed by atoms with Gasteiger partial charge in [0.15, 0.2) is 8.32 Å². The summed E-state index contributed by atoms with van der Waals surface area (Å²) in [6.07, 6.45) is 1.24. The zero-order valence-electron chi connectivity index (χ0n) is 31.3. The third-order valence-electron chi connectivity index (χ3n) is 8.83. The fourth-order valence-electron chi connectivity index (χ4n) is 5.41. The van der Waals surface area contributed by atoms with Crippen LogP contribution in [0.15, 0.2) is 47.6 Å². The van der Waals surface area contributed by atoms with Crippen molar-refractivity contribution in [3.63, 3.8) is 0 Å². The monoisotopic (exact) mass is 759 g/mol. The molecule has 278 valence electrons. The van der Waals surface area contributed by atoms with Crippen LogP contribution >= 0.6 is 23.4 Å². The minimum Gasteiger partial charge on any atom is -0.444 e. The molecule has 3 heterocycles. The van der Waals surface area contributed by atoms with E-state index in [0.717, 1.165) is 0 Å². The van der Waals surface area contributed by atoms with Crippen molar-refractivity contribution in [2.24, 2.45) is 0 Å². The zero-order valence-corrected chi connectivity index (χ0v) is 33.8. The van der Waals surface area contributed by atoms with Crippen molar-refractivity contribution >= 4 is 60.9 Å². The van der Waals surface area contributed by atoms with Gasteiger partial charge >= 0.3 is 6.09 Å². The zero-order chi connectivity index (χ0) is 37.7. The molecule has 1 saturated heterocycles. The smallest absolute Gasteiger partial charge is 0.410 e. The van der Waals surface area contributed by atoms with Crippen LogP contribution in [0.1, 0.15) is 55.4 Å². The number of ether oxygens (including phenoxy) is 1. The number of piperazine rings is 1. The SMILES string of the molecule is C[C@@H]1CN(CC(=O)Nc2cc(Nc3cc(-c4cc(Cl)ccc4F)nnc3SCCO[Si](C)(C)C(C)(C)C)ccn2)C[C@H](C)N1C(=O)OC(C)(C)C. The van der Waals surface area contributed by atoms with Gasteiger partial charge in [-0.2, -0.15) is 0 Å². The molecule has 0 aliphatic carbocycles. The van der Waals surface area contributed by atoms with Crippen LogP contribution in [0.5, 0.6) is 0 Å². The Kier molecular flexibility index (Phi) is 13.2. The van der Waals surface area contributed by atoms with E-state index >= 15 is 0 Å². The maximum absolute atomic E-state index is 14.8. The van der Waals surface area contributed by atoms with Crippen molar-refractivity contribution in [2.75, 3.05) is 42.6 Å². The molecule has 51 heavy (non-hydrogen) atoms. The quantitative estimate of drug-likeness (QED) is 0.112. The summed E-state index contributed by atoms with van der Waals surface area (Å²) in [6, 6.07) is 9.26. The Bertz CT molecular complexity index is 1690. The van der Waals surface area contributed by atoms with Crippen LogP contribution < -0.4 is 10.6 Å². The number of thioether (sulfide) groups is 1. The number of carbonyl (C=O) groups is 2. The molecule has 1 aliphatic heterocycles. The molecule has 2 amide bonds. The number of halogens is 2. The molecule has 3 aromatic rings. The highest BCUT2D eigenvalue weighted by atomic mass is 35.5. The van der Waals surface area contributed by atoms with Crippen LogP contribution in [-0.4, -0.2) is 95.0 Å². The Morgan fingerprint density at radius 2 is 1.73 bits per heavy atom. The van der Waals surface area contributed by atoms with E-state index in [1.807, 2.05) is 39.5 Å². The number of pyridine rings is 1. The highest BCUT2D eigenvalue weighted by Crippen LogP contribution is 2.37. The average Bonchev–Trinajstić information content (AvgIpc) is 2.99. The van der Waals surface area contributed by atoms with E-state index in [1.165, 1.54) is 30.0 Å². The van der Waals surface area contributed by atoms with Gasteiger partial charge in [-0.25, -0.2) is 14.2 Å². The second kappa shape index (κ2) is 16.6. The maximum Gasteiger partial charge on any atom is 0.410 e. The molecule has 0 radical (unpaired) electrons. The molecule has 0 bridgehead atoms. The minimum absolute atomic E-state index is 0.0922. The molecule has 1 aliphatic rings. The first-order valence-electron chi connectivity index (χ1n) is 17.1. The predicted molar refractivity (Wildman–Crippen MR) is 206 cm³/mol. The van der Waals surface area contributed by atoms with E-state index in [2.05, 4.69) is 59.7 Å². The number of hydrogen-bond donors (Lipinski definition) is 2. The Hall–Kier alpha value is -3.30. The van der Waals surface area contributed by atoms with Gasteiger partial charge in [-0.05, 0) is 83.1 Å². The number of hydrogen-bond acceptors (Lipinski definition) is 10. The van der Waals surface area contributed by atoms with Crippen molar-refractivity contribution in [1.82, 2.24) is 25.0 Å². The van der Waals surface area contributed by atoms with E-state index in [4.69, 9.17) is 20.8 Å². The third kappa shape index (κ3) is 11.3. The van der Waals surface area contributed by atoms with Gasteiger partial charge in [0.2, 0.25) is 5.91 Å². The average molecular weight is 760 g/mol. The first-order valence-corrected chi connectivity index (χ1v) is 21.4. The second-order valence-electron chi connectivity index (χ2n) is 15.4. The lowest BCUT2D eigenvalue weighted by atomic mass is 10.1. The van der Waals surface area contributed by atoms with Gasteiger partial charge in [0.1, 0.15) is 22.3 Å². The fraction of sp³-hybridized carbons (Fsp3) is 0.528. The fourth-order valence-corrected chi connectivity index (χ4v) is 7.50. The van der Waals surface area contributed by atoms with Gasteiger partial charge in [-0.3, -0.25) is 9.69 Å². The van der Waals surface area contributed by atoms with Gasteiger partial charge < -0.3 is 24.7 Å². The lowest BCUT2D eigenvalue weighted by Gasteiger charge is -2.44. The number of nitrogens with one attached hydrogen (secondary N) is 2. The van der Waals surface area contributed by atoms with Crippen molar-refractivity contribution in [1.29, 1.82) is 0 Å². The standard InChI is InChI=1S/C36H51ClFN7O4SSi/c1-23-20-44(21-24(2)45(23)34(47)49-35(3,4)5)22-32(46)41-31-18-26(13-14-39-31)40-30-19-29(27-17-25(37)11-12-28(27)38)42-43-33(30)50-16-15-48-51(9,10)36(6,7)8/h11-14,17-19,23-24H,15-16,20-22H2,1-10H3,(H2,39,40,41,42,46)/t23-,24+. The molecule has 4 rings (SSSR count). The van der Waals surface area contributed by atoms with E-state index in [1.54, 1.807) is 29.3 Å². The molecule has 2 atom stereocenters. The maximum atomic E-state index is 14.8. The van der Waals surface area contributed by atoms with Gasteiger partial charge in [0.25, 0.3) is 0 Å². The number of nitrogens with zero attached hydrogens (tertiary/aromatic N) is 5. The van der Waals surface area contributed by atoms with Crippen LogP contribution in [0.3, 0.4) is 0 Å². The summed E-state index contributed by atoms with van der Waals surface area (Å²) in [5, 5.41) is 16.1. The highest BCUT2D eigenvalue weighted by Gasteiger charge is 2.37. The second-order valence-corrected chi connectivity index (χ2v) is 21.7. The molecule has 2 N–H and O–H groups in total. The van der Waals surface area contributed by atoms with E-state index in [-0.39, 0.29) is 41.2 Å². The van der Waals surface area contributed by atoms with Crippen LogP contribution in [0.2, 0.25) is 23.2 Å². The van der Waals surface area contributed by atoms with Crippen LogP contribution in [0, 0.1) is 5.82 Å². The molecular weight excluding hydrogens is 709 g/mol. The van der Waals surface area contributed by atoms with Crippen molar-refractivity contribution in [2.45, 2.75) is 96.2 Å². The van der Waals surface area contributed by atoms with Gasteiger partial charge in [0, 0.05) is 66.1 Å². The summed E-state index contributed by atoms with van der Waals surface area (Å²) in [7, 11) is -1.92. The lowest BCUT2D eigenvalue weighted by Crippen LogP contribution is -2.60. The van der Waals surface area contributed by atoms with Gasteiger partial charge in [-0.1, -0.05) is 32.4 Å². The topological polar surface area (TPSA) is 122 Å². The lowest BCUT2D eigenvalue weighted by molar-refractivity contribution is -0.118. The van der Waals surface area contributed by atoms with Crippen molar-refractivity contribution in [3.8, 4) is 11.3 Å². The summed E-state index contributed by atoms with van der Waals surface area (Å²) in [5.74, 6) is 0.305. The summed E-state index contributed by atoms with van der Waals surface area (Å²) >= 11 is 7.67. The molecule has 0 saturated carbocycles. The molecule has 11 nitrogen and oxygen atoms in total. The normalized spacial score (nSPS) is 17.3. The molecule has 2 aromatic heterocycles. The summed E-state index contributed by atoms with van der Waals surface area (Å²) in [4.78, 5) is 34.1. The van der Waals surface area contributed by atoms with Crippen molar-refractivity contribution < 1.29 is 23.1 Å². The number of aromatic nitrogens is 3. The van der Waals surface area contributed by atoms with E-state index in [9.17, 15) is 14.0 Å².